The number of nitrogens with one attached hydrogen (secondary N) is 2. The van der Waals surface area contributed by atoms with Gasteiger partial charge in [-0.3, -0.25) is 14.7 Å². The number of phenols is 1. The van der Waals surface area contributed by atoms with Crippen LogP contribution in [0.25, 0.3) is 11.3 Å². The number of benzene rings is 2. The molecule has 0 bridgehead atoms. The van der Waals surface area contributed by atoms with E-state index in [-0.39, 0.29) is 11.7 Å². The third-order valence-corrected chi connectivity index (χ3v) is 6.23. The molecule has 0 aliphatic carbocycles. The standard InChI is InChI=1S/C25H29ClN6O3/c1-27-7-8-31-9-11-32(12-10-31)25(34)19-13-20(26)21(14-23(19)35-2)29-24-16-28-15-22(30-24)17-3-5-18(33)6-4-17/h3-6,13-16,27,33H,7-12H2,1-2H3,(H,29,30). The minimum absolute atomic E-state index is 0.0994. The summed E-state index contributed by atoms with van der Waals surface area (Å²) in [5.41, 5.74) is 2.43. The van der Waals surface area contributed by atoms with Gasteiger partial charge in [-0.2, -0.15) is 0 Å². The van der Waals surface area contributed by atoms with E-state index in [1.165, 1.54) is 7.11 Å². The van der Waals surface area contributed by atoms with Gasteiger partial charge in [0.25, 0.3) is 5.91 Å². The summed E-state index contributed by atoms with van der Waals surface area (Å²) in [7, 11) is 3.47. The molecule has 0 radical (unpaired) electrons. The molecule has 2 heterocycles. The number of likely N-dealkylation sites (N-methyl/N-ethyl adjacent to an activating group) is 1. The number of anilines is 2. The lowest BCUT2D eigenvalue weighted by atomic mass is 10.1. The van der Waals surface area contributed by atoms with Crippen LogP contribution in [0.4, 0.5) is 11.5 Å². The lowest BCUT2D eigenvalue weighted by Crippen LogP contribution is -2.49. The fourth-order valence-electron chi connectivity index (χ4n) is 3.94. The molecule has 0 spiro atoms. The Hall–Kier alpha value is -3.40. The molecule has 3 N–H and O–H groups in total. The molecule has 35 heavy (non-hydrogen) atoms. The summed E-state index contributed by atoms with van der Waals surface area (Å²) in [6.45, 7) is 4.86. The third kappa shape index (κ3) is 6.00. The topological polar surface area (TPSA) is 103 Å². The Morgan fingerprint density at radius 3 is 2.57 bits per heavy atom. The van der Waals surface area contributed by atoms with Crippen LogP contribution in [-0.4, -0.2) is 84.2 Å². The van der Waals surface area contributed by atoms with Crippen molar-refractivity contribution in [3.63, 3.8) is 0 Å². The molecule has 4 rings (SSSR count). The fourth-order valence-corrected chi connectivity index (χ4v) is 4.15. The van der Waals surface area contributed by atoms with E-state index in [0.717, 1.165) is 31.7 Å². The summed E-state index contributed by atoms with van der Waals surface area (Å²) < 4.78 is 5.54. The van der Waals surface area contributed by atoms with E-state index >= 15 is 0 Å². The number of rotatable bonds is 8. The number of aromatic nitrogens is 2. The number of ether oxygens (including phenoxy) is 1. The van der Waals surface area contributed by atoms with Gasteiger partial charge in [0.2, 0.25) is 0 Å². The largest absolute Gasteiger partial charge is 0.508 e. The summed E-state index contributed by atoms with van der Waals surface area (Å²) in [4.78, 5) is 26.3. The van der Waals surface area contributed by atoms with Gasteiger partial charge in [-0.15, -0.1) is 0 Å². The SMILES string of the molecule is CNCCN1CCN(C(=O)c2cc(Cl)c(Nc3cncc(-c4ccc(O)cc4)n3)cc2OC)CC1. The van der Waals surface area contributed by atoms with Crippen molar-refractivity contribution in [3.8, 4) is 22.8 Å². The van der Waals surface area contributed by atoms with Crippen LogP contribution in [-0.2, 0) is 0 Å². The van der Waals surface area contributed by atoms with Crippen molar-refractivity contribution < 1.29 is 14.6 Å². The highest BCUT2D eigenvalue weighted by molar-refractivity contribution is 6.33. The molecule has 1 saturated heterocycles. The first kappa shape index (κ1) is 24.7. The fraction of sp³-hybridized carbons (Fsp3) is 0.320. The second-order valence-electron chi connectivity index (χ2n) is 8.23. The van der Waals surface area contributed by atoms with Crippen LogP contribution in [0.1, 0.15) is 10.4 Å². The number of methoxy groups -OCH3 is 1. The van der Waals surface area contributed by atoms with Gasteiger partial charge in [0, 0.05) is 50.9 Å². The predicted octanol–water partition coefficient (Wildman–Crippen LogP) is 3.23. The summed E-state index contributed by atoms with van der Waals surface area (Å²) >= 11 is 6.57. The Balaban J connectivity index is 1.50. The summed E-state index contributed by atoms with van der Waals surface area (Å²) in [5, 5.41) is 16.2. The average molecular weight is 497 g/mol. The lowest BCUT2D eigenvalue weighted by Gasteiger charge is -2.35. The van der Waals surface area contributed by atoms with E-state index in [9.17, 15) is 9.90 Å². The third-order valence-electron chi connectivity index (χ3n) is 5.92. The van der Waals surface area contributed by atoms with Gasteiger partial charge in [0.1, 0.15) is 17.3 Å². The average Bonchev–Trinajstić information content (AvgIpc) is 2.89. The van der Waals surface area contributed by atoms with Gasteiger partial charge < -0.3 is 25.4 Å². The number of hydrogen-bond donors (Lipinski definition) is 3. The molecular formula is C25H29ClN6O3. The monoisotopic (exact) mass is 496 g/mol. The maximum Gasteiger partial charge on any atom is 0.257 e. The van der Waals surface area contributed by atoms with Crippen molar-refractivity contribution in [1.82, 2.24) is 25.1 Å². The van der Waals surface area contributed by atoms with Crippen molar-refractivity contribution in [2.24, 2.45) is 0 Å². The van der Waals surface area contributed by atoms with Crippen molar-refractivity contribution >= 4 is 29.0 Å². The van der Waals surface area contributed by atoms with Crippen LogP contribution >= 0.6 is 11.6 Å². The zero-order chi connectivity index (χ0) is 24.8. The molecule has 0 saturated carbocycles. The Bertz CT molecular complexity index is 1170. The Labute approximate surface area is 209 Å². The van der Waals surface area contributed by atoms with Crippen LogP contribution < -0.4 is 15.4 Å². The number of aromatic hydroxyl groups is 1. The van der Waals surface area contributed by atoms with Crippen LogP contribution in [0.2, 0.25) is 5.02 Å². The van der Waals surface area contributed by atoms with Gasteiger partial charge in [0.05, 0.1) is 41.5 Å². The number of carbonyl (C=O) groups is 1. The zero-order valence-electron chi connectivity index (χ0n) is 19.8. The molecule has 1 aliphatic rings. The Kier molecular flexibility index (Phi) is 8.02. The van der Waals surface area contributed by atoms with E-state index in [1.807, 2.05) is 11.9 Å². The molecule has 9 nitrogen and oxygen atoms in total. The van der Waals surface area contributed by atoms with Crippen LogP contribution in [0.15, 0.2) is 48.8 Å². The van der Waals surface area contributed by atoms with Crippen LogP contribution in [0.3, 0.4) is 0 Å². The lowest BCUT2D eigenvalue weighted by molar-refractivity contribution is 0.0636. The van der Waals surface area contributed by atoms with Gasteiger partial charge >= 0.3 is 0 Å². The number of phenolic OH excluding ortho intramolecular Hbond substituents is 1. The maximum atomic E-state index is 13.2. The smallest absolute Gasteiger partial charge is 0.257 e. The Morgan fingerprint density at radius 1 is 1.14 bits per heavy atom. The minimum Gasteiger partial charge on any atom is -0.508 e. The summed E-state index contributed by atoms with van der Waals surface area (Å²) in [5.74, 6) is 0.997. The zero-order valence-corrected chi connectivity index (χ0v) is 20.5. The molecule has 2 aromatic carbocycles. The van der Waals surface area contributed by atoms with Gasteiger partial charge in [-0.25, -0.2) is 4.98 Å². The van der Waals surface area contributed by atoms with Gasteiger partial charge in [-0.1, -0.05) is 11.6 Å². The summed E-state index contributed by atoms with van der Waals surface area (Å²) in [6.07, 6.45) is 3.22. The van der Waals surface area contributed by atoms with Crippen molar-refractivity contribution in [2.45, 2.75) is 0 Å². The maximum absolute atomic E-state index is 13.2. The van der Waals surface area contributed by atoms with E-state index in [0.29, 0.717) is 46.6 Å². The first-order valence-corrected chi connectivity index (χ1v) is 11.8. The highest BCUT2D eigenvalue weighted by atomic mass is 35.5. The van der Waals surface area contributed by atoms with Crippen LogP contribution in [0.5, 0.6) is 11.5 Å². The molecular weight excluding hydrogens is 468 g/mol. The minimum atomic E-state index is -0.0994. The molecule has 184 valence electrons. The highest BCUT2D eigenvalue weighted by Crippen LogP contribution is 2.34. The quantitative estimate of drug-likeness (QED) is 0.437. The highest BCUT2D eigenvalue weighted by Gasteiger charge is 2.25. The summed E-state index contributed by atoms with van der Waals surface area (Å²) in [6, 6.07) is 10.1. The Morgan fingerprint density at radius 2 is 1.89 bits per heavy atom. The normalized spacial score (nSPS) is 14.1. The molecule has 10 heteroatoms. The van der Waals surface area contributed by atoms with Gasteiger partial charge in [0.15, 0.2) is 0 Å². The van der Waals surface area contributed by atoms with E-state index in [1.54, 1.807) is 48.8 Å². The number of carbonyl (C=O) groups excluding carboxylic acids is 1. The molecule has 1 aliphatic heterocycles. The van der Waals surface area contributed by atoms with E-state index in [2.05, 4.69) is 25.5 Å². The second-order valence-corrected chi connectivity index (χ2v) is 8.64. The van der Waals surface area contributed by atoms with Crippen molar-refractivity contribution in [2.75, 3.05) is 58.7 Å². The first-order chi connectivity index (χ1) is 17.0. The van der Waals surface area contributed by atoms with Crippen LogP contribution in [0, 0.1) is 0 Å². The number of hydrogen-bond acceptors (Lipinski definition) is 8. The van der Waals surface area contributed by atoms with Gasteiger partial charge in [-0.05, 0) is 37.4 Å². The second kappa shape index (κ2) is 11.4. The molecule has 1 aromatic heterocycles. The first-order valence-electron chi connectivity index (χ1n) is 11.4. The number of amides is 1. The molecule has 3 aromatic rings. The number of halogens is 1. The van der Waals surface area contributed by atoms with Crippen molar-refractivity contribution in [3.05, 3.63) is 59.4 Å². The number of piperazine rings is 1. The van der Waals surface area contributed by atoms with E-state index in [4.69, 9.17) is 16.3 Å². The predicted molar refractivity (Wildman–Crippen MR) is 137 cm³/mol. The van der Waals surface area contributed by atoms with Crippen molar-refractivity contribution in [1.29, 1.82) is 0 Å². The number of nitrogens with zero attached hydrogens (tertiary/aromatic N) is 4. The molecule has 1 amide bonds. The van der Waals surface area contributed by atoms with E-state index < -0.39 is 0 Å². The molecule has 0 atom stereocenters. The molecule has 1 fully saturated rings. The molecule has 0 unspecified atom stereocenters.